The van der Waals surface area contributed by atoms with E-state index in [1.807, 2.05) is 43.3 Å². The number of benzene rings is 2. The summed E-state index contributed by atoms with van der Waals surface area (Å²) in [6.45, 7) is 9.09. The molecule has 2 aromatic rings. The van der Waals surface area contributed by atoms with Crippen molar-refractivity contribution in [1.82, 2.24) is 10.2 Å². The normalized spacial score (nSPS) is 14.7. The number of rotatable bonds is 10. The molecule has 1 aliphatic rings. The van der Waals surface area contributed by atoms with E-state index in [-0.39, 0.29) is 0 Å². The molecular weight excluding hydrogens is 411 g/mol. The zero-order chi connectivity index (χ0) is 20.5. The van der Waals surface area contributed by atoms with Crippen LogP contribution in [0.2, 0.25) is 10.0 Å². The van der Waals surface area contributed by atoms with Crippen LogP contribution in [0, 0.1) is 0 Å². The van der Waals surface area contributed by atoms with Gasteiger partial charge < -0.3 is 19.5 Å². The molecule has 29 heavy (non-hydrogen) atoms. The van der Waals surface area contributed by atoms with Gasteiger partial charge in [-0.15, -0.1) is 0 Å². The molecule has 2 aromatic carbocycles. The second-order valence-corrected chi connectivity index (χ2v) is 7.66. The molecule has 0 spiro atoms. The fourth-order valence-corrected chi connectivity index (χ4v) is 3.66. The molecule has 0 saturated carbocycles. The van der Waals surface area contributed by atoms with Gasteiger partial charge in [-0.3, -0.25) is 4.90 Å². The van der Waals surface area contributed by atoms with E-state index < -0.39 is 0 Å². The summed E-state index contributed by atoms with van der Waals surface area (Å²) >= 11 is 12.7. The minimum Gasteiger partial charge on any atom is -0.490 e. The minimum atomic E-state index is 0.330. The topological polar surface area (TPSA) is 43.0 Å². The molecule has 1 fully saturated rings. The van der Waals surface area contributed by atoms with E-state index in [9.17, 15) is 0 Å². The van der Waals surface area contributed by atoms with Crippen LogP contribution >= 0.6 is 23.2 Å². The molecule has 1 aliphatic heterocycles. The van der Waals surface area contributed by atoms with Crippen LogP contribution in [0.1, 0.15) is 18.1 Å². The molecule has 1 saturated heterocycles. The van der Waals surface area contributed by atoms with Crippen molar-refractivity contribution in [3.05, 3.63) is 57.6 Å². The fourth-order valence-electron chi connectivity index (χ4n) is 3.19. The second-order valence-electron chi connectivity index (χ2n) is 6.85. The Labute approximate surface area is 182 Å². The van der Waals surface area contributed by atoms with Crippen molar-refractivity contribution in [2.24, 2.45) is 0 Å². The maximum absolute atomic E-state index is 6.52. The molecule has 1 heterocycles. The van der Waals surface area contributed by atoms with Gasteiger partial charge >= 0.3 is 0 Å². The third-order valence-electron chi connectivity index (χ3n) is 4.74. The third-order valence-corrected chi connectivity index (χ3v) is 5.39. The summed E-state index contributed by atoms with van der Waals surface area (Å²) < 4.78 is 17.1. The lowest BCUT2D eigenvalue weighted by atomic mass is 10.2. The maximum Gasteiger partial charge on any atom is 0.180 e. The molecule has 1 N–H and O–H groups in total. The molecule has 0 amide bonds. The molecule has 0 atom stereocenters. The molecule has 5 nitrogen and oxygen atoms in total. The van der Waals surface area contributed by atoms with E-state index in [1.54, 1.807) is 0 Å². The summed E-state index contributed by atoms with van der Waals surface area (Å²) in [5.41, 5.74) is 1.96. The molecule has 0 unspecified atom stereocenters. The van der Waals surface area contributed by atoms with Crippen LogP contribution in [0.25, 0.3) is 0 Å². The smallest absolute Gasteiger partial charge is 0.180 e. The first-order valence-corrected chi connectivity index (χ1v) is 10.7. The van der Waals surface area contributed by atoms with Crippen molar-refractivity contribution >= 4 is 23.2 Å². The minimum absolute atomic E-state index is 0.330. The first-order chi connectivity index (χ1) is 14.2. The van der Waals surface area contributed by atoms with Crippen LogP contribution in [0.3, 0.4) is 0 Å². The van der Waals surface area contributed by atoms with Crippen molar-refractivity contribution in [3.63, 3.8) is 0 Å². The summed E-state index contributed by atoms with van der Waals surface area (Å²) in [6.07, 6.45) is 0. The summed E-state index contributed by atoms with van der Waals surface area (Å²) in [5, 5.41) is 4.68. The Bertz CT molecular complexity index is 783. The van der Waals surface area contributed by atoms with Crippen LogP contribution in [0.15, 0.2) is 36.4 Å². The van der Waals surface area contributed by atoms with Crippen molar-refractivity contribution in [1.29, 1.82) is 0 Å². The highest BCUT2D eigenvalue weighted by Gasteiger charge is 2.14. The quantitative estimate of drug-likeness (QED) is 0.557. The van der Waals surface area contributed by atoms with Crippen LogP contribution in [-0.4, -0.2) is 50.9 Å². The molecule has 158 valence electrons. The fraction of sp³-hybridized carbons (Fsp3) is 0.455. The van der Waals surface area contributed by atoms with Crippen molar-refractivity contribution in [2.75, 3.05) is 46.0 Å². The Morgan fingerprint density at radius 3 is 2.62 bits per heavy atom. The van der Waals surface area contributed by atoms with E-state index in [4.69, 9.17) is 37.4 Å². The Morgan fingerprint density at radius 2 is 1.86 bits per heavy atom. The van der Waals surface area contributed by atoms with Gasteiger partial charge in [-0.25, -0.2) is 0 Å². The van der Waals surface area contributed by atoms with Gasteiger partial charge in [0.05, 0.1) is 24.8 Å². The zero-order valence-electron chi connectivity index (χ0n) is 16.8. The van der Waals surface area contributed by atoms with Crippen LogP contribution in [0.5, 0.6) is 11.5 Å². The second kappa shape index (κ2) is 11.6. The van der Waals surface area contributed by atoms with Gasteiger partial charge in [0.1, 0.15) is 6.61 Å². The lowest BCUT2D eigenvalue weighted by molar-refractivity contribution is 0.0384. The monoisotopic (exact) mass is 438 g/mol. The number of hydrogen-bond acceptors (Lipinski definition) is 5. The van der Waals surface area contributed by atoms with Crippen molar-refractivity contribution in [2.45, 2.75) is 20.1 Å². The van der Waals surface area contributed by atoms with E-state index in [1.165, 1.54) is 0 Å². The average Bonchev–Trinajstić information content (AvgIpc) is 2.73. The van der Waals surface area contributed by atoms with Gasteiger partial charge in [-0.05, 0) is 30.7 Å². The predicted molar refractivity (Wildman–Crippen MR) is 117 cm³/mol. The highest BCUT2D eigenvalue weighted by atomic mass is 35.5. The van der Waals surface area contributed by atoms with Gasteiger partial charge in [0, 0.05) is 43.3 Å². The summed E-state index contributed by atoms with van der Waals surface area (Å²) in [7, 11) is 0. The Morgan fingerprint density at radius 1 is 1.07 bits per heavy atom. The number of nitrogens with one attached hydrogen (secondary N) is 1. The van der Waals surface area contributed by atoms with E-state index in [0.29, 0.717) is 34.8 Å². The number of halogens is 2. The molecule has 0 aromatic heterocycles. The summed E-state index contributed by atoms with van der Waals surface area (Å²) in [4.78, 5) is 2.40. The van der Waals surface area contributed by atoms with Crippen molar-refractivity contribution < 1.29 is 14.2 Å². The van der Waals surface area contributed by atoms with Crippen molar-refractivity contribution in [3.8, 4) is 11.5 Å². The van der Waals surface area contributed by atoms with Crippen LogP contribution in [-0.2, 0) is 17.9 Å². The first-order valence-electron chi connectivity index (χ1n) is 9.99. The third kappa shape index (κ3) is 6.76. The van der Waals surface area contributed by atoms with Crippen LogP contribution < -0.4 is 14.8 Å². The number of morpholine rings is 1. The van der Waals surface area contributed by atoms with E-state index in [2.05, 4.69) is 10.2 Å². The SMILES string of the molecule is CCOc1cc(CNCCN2CCOCC2)cc(Cl)c1OCc1ccccc1Cl. The largest absolute Gasteiger partial charge is 0.490 e. The lowest BCUT2D eigenvalue weighted by Crippen LogP contribution is -2.40. The Hall–Kier alpha value is -1.50. The summed E-state index contributed by atoms with van der Waals surface area (Å²) in [6, 6.07) is 11.5. The van der Waals surface area contributed by atoms with Gasteiger partial charge in [-0.2, -0.15) is 0 Å². The molecular formula is C22H28Cl2N2O3. The first kappa shape index (κ1) is 22.2. The lowest BCUT2D eigenvalue weighted by Gasteiger charge is -2.26. The molecule has 0 aliphatic carbocycles. The van der Waals surface area contributed by atoms with Gasteiger partial charge in [0.15, 0.2) is 11.5 Å². The Kier molecular flexibility index (Phi) is 8.90. The van der Waals surface area contributed by atoms with E-state index >= 15 is 0 Å². The van der Waals surface area contributed by atoms with Gasteiger partial charge in [-0.1, -0.05) is 41.4 Å². The standard InChI is InChI=1S/C22H28Cl2N2O3/c1-2-28-21-14-17(15-25-7-8-26-9-11-27-12-10-26)13-20(24)22(21)29-16-18-5-3-4-6-19(18)23/h3-6,13-14,25H,2,7-12,15-16H2,1H3. The highest BCUT2D eigenvalue weighted by molar-refractivity contribution is 6.32. The highest BCUT2D eigenvalue weighted by Crippen LogP contribution is 2.37. The Balaban J connectivity index is 1.58. The molecule has 7 heteroatoms. The summed E-state index contributed by atoms with van der Waals surface area (Å²) in [5.74, 6) is 1.20. The predicted octanol–water partition coefficient (Wildman–Crippen LogP) is 4.39. The average molecular weight is 439 g/mol. The molecule has 3 rings (SSSR count). The number of hydrogen-bond donors (Lipinski definition) is 1. The zero-order valence-corrected chi connectivity index (χ0v) is 18.3. The maximum atomic E-state index is 6.52. The van der Waals surface area contributed by atoms with Crippen LogP contribution in [0.4, 0.5) is 0 Å². The number of ether oxygens (including phenoxy) is 3. The van der Waals surface area contributed by atoms with E-state index in [0.717, 1.165) is 57.1 Å². The number of nitrogens with zero attached hydrogens (tertiary/aromatic N) is 1. The van der Waals surface area contributed by atoms with Gasteiger partial charge in [0.2, 0.25) is 0 Å². The molecule has 0 radical (unpaired) electrons. The molecule has 0 bridgehead atoms. The van der Waals surface area contributed by atoms with Gasteiger partial charge in [0.25, 0.3) is 0 Å².